The van der Waals surface area contributed by atoms with E-state index in [2.05, 4.69) is 31.9 Å². The lowest BCUT2D eigenvalue weighted by Gasteiger charge is -2.60. The Morgan fingerprint density at radius 1 is 0.844 bits per heavy atom. The van der Waals surface area contributed by atoms with Gasteiger partial charge in [0.25, 0.3) is 0 Å². The number of hydrogen-bond acceptors (Lipinski definition) is 9. The molecule has 266 valence electrons. The molecule has 3 rings (SSSR count). The quantitative estimate of drug-likeness (QED) is 0.0961. The van der Waals surface area contributed by atoms with Gasteiger partial charge in [0.2, 0.25) is 0 Å². The fraction of sp³-hybridized carbons (Fsp3) is 1.00. The van der Waals surface area contributed by atoms with Crippen LogP contribution in [0.3, 0.4) is 0 Å². The van der Waals surface area contributed by atoms with Crippen LogP contribution in [0.25, 0.3) is 0 Å². The molecule has 2 unspecified atom stereocenters. The van der Waals surface area contributed by atoms with Crippen LogP contribution in [-0.4, -0.2) is 77.3 Å². The molecule has 45 heavy (non-hydrogen) atoms. The number of ether oxygens (including phenoxy) is 3. The fourth-order valence-corrected chi connectivity index (χ4v) is 10.0. The van der Waals surface area contributed by atoms with E-state index in [9.17, 15) is 8.42 Å². The molecular formula is C34H67N3O7S. The van der Waals surface area contributed by atoms with Crippen molar-refractivity contribution >= 4 is 10.4 Å². The highest BCUT2D eigenvalue weighted by atomic mass is 32.3. The maximum absolute atomic E-state index is 11.1. The minimum atomic E-state index is -4.42. The van der Waals surface area contributed by atoms with Crippen LogP contribution in [0.2, 0.25) is 0 Å². The van der Waals surface area contributed by atoms with Crippen LogP contribution in [0, 0.1) is 40.4 Å². The monoisotopic (exact) mass is 661 g/mol. The summed E-state index contributed by atoms with van der Waals surface area (Å²) < 4.78 is 55.7. The van der Waals surface area contributed by atoms with Gasteiger partial charge >= 0.3 is 10.4 Å². The highest BCUT2D eigenvalue weighted by molar-refractivity contribution is 7.80. The van der Waals surface area contributed by atoms with Crippen molar-refractivity contribution < 1.29 is 31.4 Å². The van der Waals surface area contributed by atoms with Crippen LogP contribution in [-0.2, 0) is 28.8 Å². The van der Waals surface area contributed by atoms with Crippen LogP contribution in [0.15, 0.2) is 0 Å². The van der Waals surface area contributed by atoms with Crippen LogP contribution >= 0.6 is 0 Å². The van der Waals surface area contributed by atoms with Gasteiger partial charge in [-0.1, -0.05) is 27.7 Å². The van der Waals surface area contributed by atoms with Gasteiger partial charge in [0, 0.05) is 25.2 Å². The summed E-state index contributed by atoms with van der Waals surface area (Å²) in [4.78, 5) is 0. The molecule has 0 radical (unpaired) electrons. The molecule has 3 saturated carbocycles. The Morgan fingerprint density at radius 2 is 1.47 bits per heavy atom. The number of fused-ring (bicyclic) bond motifs is 1. The molecule has 11 heteroatoms. The van der Waals surface area contributed by atoms with E-state index < -0.39 is 10.4 Å². The van der Waals surface area contributed by atoms with Gasteiger partial charge in [-0.15, -0.1) is 0 Å². The molecule has 3 fully saturated rings. The fourth-order valence-electron chi connectivity index (χ4n) is 9.70. The van der Waals surface area contributed by atoms with Crippen molar-refractivity contribution in [1.29, 1.82) is 0 Å². The van der Waals surface area contributed by atoms with Crippen LogP contribution in [0.5, 0.6) is 0 Å². The lowest BCUT2D eigenvalue weighted by molar-refractivity contribution is -0.192. The summed E-state index contributed by atoms with van der Waals surface area (Å²) in [5, 5.41) is 0. The zero-order valence-corrected chi connectivity index (χ0v) is 29.6. The van der Waals surface area contributed by atoms with Crippen LogP contribution in [0.1, 0.15) is 111 Å². The second-order valence-electron chi connectivity index (χ2n) is 14.8. The molecule has 0 aromatic carbocycles. The largest absolute Gasteiger partial charge is 0.397 e. The van der Waals surface area contributed by atoms with Crippen molar-refractivity contribution in [1.82, 2.24) is 0 Å². The van der Waals surface area contributed by atoms with Crippen molar-refractivity contribution in [3.8, 4) is 0 Å². The second-order valence-corrected chi connectivity index (χ2v) is 15.9. The van der Waals surface area contributed by atoms with E-state index in [1.54, 1.807) is 0 Å². The van der Waals surface area contributed by atoms with E-state index in [4.69, 9.17) is 36.0 Å². The zero-order chi connectivity index (χ0) is 33.1. The Balaban J connectivity index is 1.91. The van der Waals surface area contributed by atoms with Crippen LogP contribution < -0.4 is 17.2 Å². The molecule has 0 aromatic heterocycles. The summed E-state index contributed by atoms with van der Waals surface area (Å²) >= 11 is 0. The van der Waals surface area contributed by atoms with Gasteiger partial charge in [0.05, 0.1) is 24.9 Å². The third-order valence-electron chi connectivity index (χ3n) is 12.1. The first-order valence-electron chi connectivity index (χ1n) is 18.0. The smallest absolute Gasteiger partial charge is 0.378 e. The molecule has 8 atom stereocenters. The molecule has 0 heterocycles. The first-order valence-corrected chi connectivity index (χ1v) is 19.4. The second kappa shape index (κ2) is 18.4. The summed E-state index contributed by atoms with van der Waals surface area (Å²) in [6.45, 7) is 13.6. The molecule has 0 saturated heterocycles. The topological polar surface area (TPSA) is 169 Å². The number of hydrogen-bond donors (Lipinski definition) is 4. The van der Waals surface area contributed by atoms with Crippen molar-refractivity contribution in [2.24, 2.45) is 57.6 Å². The van der Waals surface area contributed by atoms with Gasteiger partial charge in [-0.3, -0.25) is 4.55 Å². The predicted molar refractivity (Wildman–Crippen MR) is 179 cm³/mol. The highest BCUT2D eigenvalue weighted by Crippen LogP contribution is 2.66. The average Bonchev–Trinajstić information content (AvgIpc) is 3.36. The van der Waals surface area contributed by atoms with E-state index in [0.717, 1.165) is 83.7 Å². The van der Waals surface area contributed by atoms with Gasteiger partial charge in [-0.2, -0.15) is 8.42 Å². The van der Waals surface area contributed by atoms with Gasteiger partial charge in [-0.25, -0.2) is 4.18 Å². The number of rotatable bonds is 21. The average molecular weight is 662 g/mol. The number of nitrogens with two attached hydrogens (primary N) is 3. The summed E-state index contributed by atoms with van der Waals surface area (Å²) in [5.74, 6) is 2.15. The molecule has 3 aliphatic rings. The summed E-state index contributed by atoms with van der Waals surface area (Å²) in [6, 6.07) is 0. The Kier molecular flexibility index (Phi) is 16.0. The third kappa shape index (κ3) is 10.3. The Hall–Kier alpha value is -0.370. The zero-order valence-electron chi connectivity index (χ0n) is 28.8. The van der Waals surface area contributed by atoms with E-state index in [-0.39, 0.29) is 29.6 Å². The van der Waals surface area contributed by atoms with E-state index in [1.165, 1.54) is 0 Å². The van der Waals surface area contributed by atoms with Crippen molar-refractivity contribution in [3.05, 3.63) is 0 Å². The van der Waals surface area contributed by atoms with Gasteiger partial charge in [0.15, 0.2) is 0 Å². The minimum absolute atomic E-state index is 0.000654. The normalized spacial score (nSPS) is 35.3. The minimum Gasteiger partial charge on any atom is -0.378 e. The lowest BCUT2D eigenvalue weighted by atomic mass is 9.48. The Bertz CT molecular complexity index is 948. The first kappa shape index (κ1) is 39.1. The Labute approximate surface area is 274 Å². The standard InChI is InChI=1S/C34H67N3O7S/c1-5-30(42-21-8-18-36)32-28-12-11-27(25(2)10-6-23-44-45(38,39)40)34(28,4)31(43-22-9-19-37)24-29(32)33(3)15-13-26(14-16-33)41-20-7-17-35/h25-32H,5-24,35-37H2,1-4H3,(H,38,39,40)/t25-,26?,27-,28+,29+,30-,31+,32?,33?,34?/m1/s1. The molecular weight excluding hydrogens is 594 g/mol. The summed E-state index contributed by atoms with van der Waals surface area (Å²) in [5.41, 5.74) is 17.7. The molecule has 7 N–H and O–H groups in total. The van der Waals surface area contributed by atoms with Crippen molar-refractivity contribution in [3.63, 3.8) is 0 Å². The summed E-state index contributed by atoms with van der Waals surface area (Å²) in [7, 11) is -4.42. The van der Waals surface area contributed by atoms with E-state index >= 15 is 0 Å². The Morgan fingerprint density at radius 3 is 2.07 bits per heavy atom. The highest BCUT2D eigenvalue weighted by Gasteiger charge is 2.63. The first-order chi connectivity index (χ1) is 21.4. The predicted octanol–water partition coefficient (Wildman–Crippen LogP) is 5.08. The lowest BCUT2D eigenvalue weighted by Crippen LogP contribution is -2.59. The molecule has 0 aliphatic heterocycles. The molecule has 0 bridgehead atoms. The summed E-state index contributed by atoms with van der Waals surface area (Å²) in [6.07, 6.45) is 13.4. The molecule has 0 aromatic rings. The third-order valence-corrected chi connectivity index (χ3v) is 12.5. The molecule has 0 amide bonds. The van der Waals surface area contributed by atoms with Crippen LogP contribution in [0.4, 0.5) is 0 Å². The van der Waals surface area contributed by atoms with Gasteiger partial charge in [0.1, 0.15) is 0 Å². The molecule has 0 spiro atoms. The molecule has 10 nitrogen and oxygen atoms in total. The van der Waals surface area contributed by atoms with E-state index in [1.807, 2.05) is 0 Å². The maximum atomic E-state index is 11.1. The SMILES string of the molecule is CC[C@@H](OCCCN)C1[C@@H](C2(C)CCC(OCCCN)CC2)C[C@H](OCCCN)C2(C)[C@@H]([C@H](C)CCCOS(=O)(=O)O)CC[C@@H]12. The molecule has 3 aliphatic carbocycles. The van der Waals surface area contributed by atoms with Crippen molar-refractivity contribution in [2.75, 3.05) is 46.1 Å². The van der Waals surface area contributed by atoms with E-state index in [0.29, 0.717) is 75.0 Å². The maximum Gasteiger partial charge on any atom is 0.397 e. The van der Waals surface area contributed by atoms with Crippen molar-refractivity contribution in [2.45, 2.75) is 129 Å². The van der Waals surface area contributed by atoms with Gasteiger partial charge in [-0.05, 0) is 138 Å². The van der Waals surface area contributed by atoms with Gasteiger partial charge < -0.3 is 31.4 Å².